The fourth-order valence-electron chi connectivity index (χ4n) is 2.73. The van der Waals surface area contributed by atoms with E-state index in [2.05, 4.69) is 42.2 Å². The molecule has 3 rings (SSSR count). The molecule has 0 aromatic rings. The molecular weight excluding hydrogens is 268 g/mol. The minimum absolute atomic E-state index is 0.591. The summed E-state index contributed by atoms with van der Waals surface area (Å²) in [5, 5.41) is 0. The van der Waals surface area contributed by atoms with E-state index in [1.165, 1.54) is 52.3 Å². The van der Waals surface area contributed by atoms with Crippen molar-refractivity contribution in [3.05, 3.63) is 0 Å². The van der Waals surface area contributed by atoms with Gasteiger partial charge in [-0.1, -0.05) is 19.8 Å². The second kappa shape index (κ2) is 8.17. The summed E-state index contributed by atoms with van der Waals surface area (Å²) in [6.07, 6.45) is 6.68. The molecule has 0 aromatic carbocycles. The van der Waals surface area contributed by atoms with Crippen LogP contribution in [0, 0.1) is 5.92 Å². The maximum absolute atomic E-state index is 10.1. The highest BCUT2D eigenvalue weighted by Gasteiger charge is 2.40. The molecule has 0 N–H and O–H groups in total. The van der Waals surface area contributed by atoms with Crippen LogP contribution in [-0.2, 0) is 4.74 Å². The second-order valence-electron chi connectivity index (χ2n) is 4.87. The SMILES string of the molecule is CCCCC1C2CCCN1C2.COC(=O)N(S)S. The van der Waals surface area contributed by atoms with Gasteiger partial charge < -0.3 is 4.74 Å². The fourth-order valence-corrected chi connectivity index (χ4v) is 2.89. The molecule has 2 bridgehead atoms. The summed E-state index contributed by atoms with van der Waals surface area (Å²) in [7, 11) is 1.25. The number of carbonyl (C=O) groups is 1. The Hall–Kier alpha value is -0.0700. The van der Waals surface area contributed by atoms with Crippen LogP contribution in [0.25, 0.3) is 0 Å². The van der Waals surface area contributed by atoms with E-state index in [-0.39, 0.29) is 0 Å². The summed E-state index contributed by atoms with van der Waals surface area (Å²) in [5.41, 5.74) is 0. The predicted octanol–water partition coefficient (Wildman–Crippen LogP) is 3.02. The van der Waals surface area contributed by atoms with E-state index in [0.29, 0.717) is 0 Å². The standard InChI is InChI=1S/C10H19N.C2H5NO2S2/c1-2-3-6-10-9-5-4-7-11(10)8-9;1-5-2(4)3(6)7/h9-10H,2-8H2,1H3;6-7H,1H3. The van der Waals surface area contributed by atoms with Crippen molar-refractivity contribution in [1.29, 1.82) is 0 Å². The first-order valence-electron chi connectivity index (χ1n) is 6.60. The molecule has 3 fully saturated rings. The van der Waals surface area contributed by atoms with Gasteiger partial charge in [0.05, 0.1) is 7.11 Å². The molecule has 3 saturated heterocycles. The van der Waals surface area contributed by atoms with Crippen LogP contribution in [-0.4, -0.2) is 40.9 Å². The number of amides is 1. The Bertz CT molecular complexity index is 250. The quantitative estimate of drug-likeness (QED) is 0.784. The summed E-state index contributed by atoms with van der Waals surface area (Å²) in [4.78, 5) is 12.7. The maximum atomic E-state index is 10.1. The number of ether oxygens (including phenoxy) is 1. The summed E-state index contributed by atoms with van der Waals surface area (Å²) in [6.45, 7) is 5.11. The first kappa shape index (κ1) is 16.0. The zero-order valence-corrected chi connectivity index (χ0v) is 13.0. The van der Waals surface area contributed by atoms with Gasteiger partial charge in [0.15, 0.2) is 0 Å². The van der Waals surface area contributed by atoms with Crippen LogP contribution in [0.15, 0.2) is 0 Å². The minimum atomic E-state index is -0.591. The number of methoxy groups -OCH3 is 1. The molecule has 106 valence electrons. The molecule has 3 heterocycles. The molecule has 0 saturated carbocycles. The Labute approximate surface area is 121 Å². The number of hydrogen-bond acceptors (Lipinski definition) is 5. The highest BCUT2D eigenvalue weighted by atomic mass is 32.2. The van der Waals surface area contributed by atoms with Gasteiger partial charge in [-0.25, -0.2) is 4.79 Å². The Morgan fingerprint density at radius 3 is 2.56 bits per heavy atom. The van der Waals surface area contributed by atoms with Gasteiger partial charge >= 0.3 is 6.09 Å². The number of nitrogens with zero attached hydrogens (tertiary/aromatic N) is 2. The molecule has 0 spiro atoms. The van der Waals surface area contributed by atoms with E-state index >= 15 is 0 Å². The average Bonchev–Trinajstić information content (AvgIpc) is 2.39. The first-order chi connectivity index (χ1) is 8.60. The van der Waals surface area contributed by atoms with Crippen LogP contribution in [0.2, 0.25) is 0 Å². The molecule has 4 nitrogen and oxygen atoms in total. The normalized spacial score (nSPS) is 28.6. The number of hydrogen-bond donors (Lipinski definition) is 2. The molecule has 0 radical (unpaired) electrons. The molecule has 0 aromatic heterocycles. The van der Waals surface area contributed by atoms with Crippen LogP contribution in [0.3, 0.4) is 0 Å². The van der Waals surface area contributed by atoms with Gasteiger partial charge in [-0.15, -0.1) is 0 Å². The number of carbonyl (C=O) groups excluding carboxylic acids is 1. The van der Waals surface area contributed by atoms with Crippen molar-refractivity contribution in [2.24, 2.45) is 5.92 Å². The Balaban J connectivity index is 0.000000203. The lowest BCUT2D eigenvalue weighted by atomic mass is 9.78. The maximum Gasteiger partial charge on any atom is 0.429 e. The van der Waals surface area contributed by atoms with Gasteiger partial charge in [0.2, 0.25) is 0 Å². The monoisotopic (exact) mass is 292 g/mol. The van der Waals surface area contributed by atoms with Crippen molar-refractivity contribution in [2.45, 2.75) is 45.1 Å². The number of fused-ring (bicyclic) bond motifs is 2. The topological polar surface area (TPSA) is 32.8 Å². The van der Waals surface area contributed by atoms with Crippen molar-refractivity contribution < 1.29 is 9.53 Å². The van der Waals surface area contributed by atoms with Crippen LogP contribution in [0.1, 0.15) is 39.0 Å². The number of thiol groups is 2. The largest absolute Gasteiger partial charge is 0.452 e. The lowest BCUT2D eigenvalue weighted by Gasteiger charge is -2.53. The van der Waals surface area contributed by atoms with E-state index in [0.717, 1.165) is 15.7 Å². The molecule has 3 atom stereocenters. The summed E-state index contributed by atoms with van der Waals surface area (Å²) < 4.78 is 4.90. The number of piperidine rings is 2. The van der Waals surface area contributed by atoms with Crippen LogP contribution in [0.4, 0.5) is 4.79 Å². The van der Waals surface area contributed by atoms with Crippen molar-refractivity contribution >= 4 is 31.7 Å². The van der Waals surface area contributed by atoms with Gasteiger partial charge in [0.25, 0.3) is 0 Å². The zero-order chi connectivity index (χ0) is 13.5. The molecule has 1 amide bonds. The highest BCUT2D eigenvalue weighted by Crippen LogP contribution is 2.36. The molecule has 6 heteroatoms. The fraction of sp³-hybridized carbons (Fsp3) is 0.917. The third-order valence-electron chi connectivity index (χ3n) is 3.69. The number of rotatable bonds is 3. The zero-order valence-electron chi connectivity index (χ0n) is 11.2. The van der Waals surface area contributed by atoms with Gasteiger partial charge in [0, 0.05) is 12.6 Å². The van der Waals surface area contributed by atoms with Gasteiger partial charge in [-0.2, -0.15) is 3.71 Å². The Morgan fingerprint density at radius 2 is 2.22 bits per heavy atom. The Kier molecular flexibility index (Phi) is 7.26. The summed E-state index contributed by atoms with van der Waals surface area (Å²) in [6, 6.07) is 1.00. The van der Waals surface area contributed by atoms with Crippen LogP contribution < -0.4 is 0 Å². The van der Waals surface area contributed by atoms with E-state index in [4.69, 9.17) is 0 Å². The van der Waals surface area contributed by atoms with E-state index in [9.17, 15) is 4.79 Å². The average molecular weight is 292 g/mol. The van der Waals surface area contributed by atoms with Crippen LogP contribution >= 0.6 is 25.6 Å². The first-order valence-corrected chi connectivity index (χ1v) is 7.40. The Morgan fingerprint density at radius 1 is 1.50 bits per heavy atom. The number of unbranched alkanes of at least 4 members (excludes halogenated alkanes) is 1. The lowest BCUT2D eigenvalue weighted by molar-refractivity contribution is -0.0336. The summed E-state index contributed by atoms with van der Waals surface area (Å²) in [5.74, 6) is 1.09. The van der Waals surface area contributed by atoms with E-state index in [1.807, 2.05) is 0 Å². The van der Waals surface area contributed by atoms with Crippen molar-refractivity contribution in [3.8, 4) is 0 Å². The highest BCUT2D eigenvalue weighted by molar-refractivity contribution is 7.94. The second-order valence-corrected chi connectivity index (χ2v) is 5.98. The molecule has 3 unspecified atom stereocenters. The predicted molar refractivity (Wildman–Crippen MR) is 79.8 cm³/mol. The van der Waals surface area contributed by atoms with Gasteiger partial charge in [0.1, 0.15) is 0 Å². The smallest absolute Gasteiger partial charge is 0.429 e. The van der Waals surface area contributed by atoms with Crippen molar-refractivity contribution in [1.82, 2.24) is 8.61 Å². The molecule has 3 aliphatic rings. The van der Waals surface area contributed by atoms with Crippen molar-refractivity contribution in [2.75, 3.05) is 20.2 Å². The van der Waals surface area contributed by atoms with Crippen molar-refractivity contribution in [3.63, 3.8) is 0 Å². The third kappa shape index (κ3) is 4.55. The van der Waals surface area contributed by atoms with Crippen LogP contribution in [0.5, 0.6) is 0 Å². The van der Waals surface area contributed by atoms with E-state index in [1.54, 1.807) is 0 Å². The van der Waals surface area contributed by atoms with Gasteiger partial charge in [-0.3, -0.25) is 4.90 Å². The summed E-state index contributed by atoms with van der Waals surface area (Å²) >= 11 is 6.99. The molecule has 3 aliphatic heterocycles. The third-order valence-corrected chi connectivity index (χ3v) is 4.02. The minimum Gasteiger partial charge on any atom is -0.452 e. The molecular formula is C12H24N2O2S2. The molecule has 18 heavy (non-hydrogen) atoms. The lowest BCUT2D eigenvalue weighted by Crippen LogP contribution is -2.59. The van der Waals surface area contributed by atoms with Gasteiger partial charge in [-0.05, 0) is 57.4 Å². The molecule has 0 aliphatic carbocycles. The van der Waals surface area contributed by atoms with E-state index < -0.39 is 6.09 Å².